The Kier molecular flexibility index (Phi) is 8.40. The van der Waals surface area contributed by atoms with Crippen molar-refractivity contribution in [3.8, 4) is 0 Å². The van der Waals surface area contributed by atoms with Gasteiger partial charge >= 0.3 is 0 Å². The third-order valence-corrected chi connectivity index (χ3v) is 6.65. The van der Waals surface area contributed by atoms with Gasteiger partial charge in [0.05, 0.1) is 0 Å². The Morgan fingerprint density at radius 1 is 1.19 bits per heavy atom. The van der Waals surface area contributed by atoms with E-state index >= 15 is 0 Å². The highest BCUT2D eigenvalue weighted by atomic mass is 32.1. The Bertz CT molecular complexity index is 859. The van der Waals surface area contributed by atoms with Crippen molar-refractivity contribution in [2.24, 2.45) is 11.7 Å². The van der Waals surface area contributed by atoms with Gasteiger partial charge in [-0.15, -0.1) is 0 Å². The van der Waals surface area contributed by atoms with Gasteiger partial charge in [-0.05, 0) is 31.7 Å². The molecule has 8 heteroatoms. The van der Waals surface area contributed by atoms with Gasteiger partial charge in [0.1, 0.15) is 5.82 Å². The molecule has 1 aromatic carbocycles. The summed E-state index contributed by atoms with van der Waals surface area (Å²) in [6.45, 7) is 6.97. The summed E-state index contributed by atoms with van der Waals surface area (Å²) in [5.74, 6) is 0.605. The van der Waals surface area contributed by atoms with E-state index in [4.69, 9.17) is 10.7 Å². The Hall–Kier alpha value is -2.48. The number of aromatic nitrogens is 2. The number of primary amides is 1. The summed E-state index contributed by atoms with van der Waals surface area (Å²) in [7, 11) is 0. The highest BCUT2D eigenvalue weighted by Gasteiger charge is 2.26. The Balaban J connectivity index is 1.56. The van der Waals surface area contributed by atoms with Gasteiger partial charge in [0, 0.05) is 56.5 Å². The molecule has 3 rings (SSSR count). The minimum absolute atomic E-state index is 0.0987. The van der Waals surface area contributed by atoms with Crippen molar-refractivity contribution in [1.82, 2.24) is 14.3 Å². The maximum atomic E-state index is 12.7. The average molecular weight is 444 g/mol. The normalized spacial score (nSPS) is 14.6. The number of rotatable bonds is 10. The van der Waals surface area contributed by atoms with Crippen LogP contribution in [0.2, 0.25) is 0 Å². The molecule has 1 aliphatic rings. The van der Waals surface area contributed by atoms with Crippen LogP contribution in [0.3, 0.4) is 0 Å². The molecule has 1 fully saturated rings. The fourth-order valence-electron chi connectivity index (χ4n) is 3.79. The van der Waals surface area contributed by atoms with Crippen molar-refractivity contribution in [3.05, 3.63) is 41.2 Å². The molecule has 2 amide bonds. The molecule has 2 heterocycles. The van der Waals surface area contributed by atoms with Crippen LogP contribution in [0.25, 0.3) is 0 Å². The first kappa shape index (κ1) is 23.2. The SMILES string of the molecule is CCCCN(CCC(=O)N1CCC(C(N)=O)CC1)c1nc(Cc2ccc(C)cc2)ns1. The summed E-state index contributed by atoms with van der Waals surface area (Å²) in [4.78, 5) is 32.9. The number of hydrogen-bond acceptors (Lipinski definition) is 6. The predicted octanol–water partition coefficient (Wildman–Crippen LogP) is 3.16. The van der Waals surface area contributed by atoms with Crippen LogP contribution in [0, 0.1) is 12.8 Å². The van der Waals surface area contributed by atoms with Gasteiger partial charge in [0.2, 0.25) is 16.9 Å². The summed E-state index contributed by atoms with van der Waals surface area (Å²) in [5, 5.41) is 0.885. The van der Waals surface area contributed by atoms with Gasteiger partial charge in [-0.2, -0.15) is 4.37 Å². The number of likely N-dealkylation sites (tertiary alicyclic amines) is 1. The lowest BCUT2D eigenvalue weighted by Gasteiger charge is -2.31. The smallest absolute Gasteiger partial charge is 0.224 e. The first-order valence-electron chi connectivity index (χ1n) is 11.2. The fourth-order valence-corrected chi connectivity index (χ4v) is 4.52. The van der Waals surface area contributed by atoms with Crippen LogP contribution >= 0.6 is 11.5 Å². The van der Waals surface area contributed by atoms with Crippen LogP contribution in [0.1, 0.15) is 56.0 Å². The number of carbonyl (C=O) groups excluding carboxylic acids is 2. The second kappa shape index (κ2) is 11.2. The molecule has 1 aromatic heterocycles. The van der Waals surface area contributed by atoms with E-state index in [0.29, 0.717) is 45.3 Å². The predicted molar refractivity (Wildman–Crippen MR) is 124 cm³/mol. The van der Waals surface area contributed by atoms with Gasteiger partial charge in [-0.25, -0.2) is 4.98 Å². The number of amides is 2. The van der Waals surface area contributed by atoms with E-state index in [1.54, 1.807) is 0 Å². The van der Waals surface area contributed by atoms with Crippen molar-refractivity contribution >= 4 is 28.5 Å². The molecule has 168 valence electrons. The Morgan fingerprint density at radius 2 is 1.90 bits per heavy atom. The molecule has 7 nitrogen and oxygen atoms in total. The zero-order valence-corrected chi connectivity index (χ0v) is 19.4. The van der Waals surface area contributed by atoms with Gasteiger partial charge in [-0.1, -0.05) is 43.2 Å². The van der Waals surface area contributed by atoms with E-state index < -0.39 is 0 Å². The number of piperidine rings is 1. The molecule has 2 aromatic rings. The van der Waals surface area contributed by atoms with Crippen molar-refractivity contribution in [2.45, 2.75) is 52.4 Å². The number of aryl methyl sites for hydroxylation is 1. The highest BCUT2D eigenvalue weighted by molar-refractivity contribution is 7.09. The third kappa shape index (κ3) is 6.75. The van der Waals surface area contributed by atoms with Crippen LogP contribution in [0.15, 0.2) is 24.3 Å². The van der Waals surface area contributed by atoms with Gasteiger partial charge < -0.3 is 15.5 Å². The van der Waals surface area contributed by atoms with E-state index in [0.717, 1.165) is 30.3 Å². The molecule has 0 bridgehead atoms. The summed E-state index contributed by atoms with van der Waals surface area (Å²) in [5.41, 5.74) is 7.83. The molecule has 0 aliphatic carbocycles. The maximum Gasteiger partial charge on any atom is 0.224 e. The highest BCUT2D eigenvalue weighted by Crippen LogP contribution is 2.21. The van der Waals surface area contributed by atoms with Crippen LogP contribution in [0.4, 0.5) is 5.13 Å². The Morgan fingerprint density at radius 3 is 2.55 bits per heavy atom. The fraction of sp³-hybridized carbons (Fsp3) is 0.565. The second-order valence-corrected chi connectivity index (χ2v) is 9.03. The number of anilines is 1. The zero-order chi connectivity index (χ0) is 22.2. The molecule has 31 heavy (non-hydrogen) atoms. The van der Waals surface area contributed by atoms with E-state index in [1.807, 2.05) is 4.90 Å². The largest absolute Gasteiger partial charge is 0.369 e. The number of hydrogen-bond donors (Lipinski definition) is 1. The van der Waals surface area contributed by atoms with Gasteiger partial charge in [0.25, 0.3) is 0 Å². The lowest BCUT2D eigenvalue weighted by molar-refractivity contribution is -0.134. The molecular formula is C23H33N5O2S. The maximum absolute atomic E-state index is 12.7. The summed E-state index contributed by atoms with van der Waals surface area (Å²) < 4.78 is 4.55. The van der Waals surface area contributed by atoms with E-state index in [1.165, 1.54) is 22.7 Å². The quantitative estimate of drug-likeness (QED) is 0.609. The number of unbranched alkanes of at least 4 members (excludes halogenated alkanes) is 1. The molecule has 0 radical (unpaired) electrons. The molecule has 1 saturated heterocycles. The van der Waals surface area contributed by atoms with Crippen LogP contribution in [0.5, 0.6) is 0 Å². The molecule has 2 N–H and O–H groups in total. The number of nitrogens with zero attached hydrogens (tertiary/aromatic N) is 4. The topological polar surface area (TPSA) is 92.4 Å². The molecular weight excluding hydrogens is 410 g/mol. The van der Waals surface area contributed by atoms with Crippen molar-refractivity contribution in [2.75, 3.05) is 31.1 Å². The third-order valence-electron chi connectivity index (χ3n) is 5.84. The van der Waals surface area contributed by atoms with Crippen molar-refractivity contribution in [3.63, 3.8) is 0 Å². The lowest BCUT2D eigenvalue weighted by atomic mass is 9.96. The standard InChI is InChI=1S/C23H33N5O2S/c1-3-4-12-28(15-11-21(29)27-13-9-19(10-14-27)22(24)30)23-25-20(26-31-23)16-18-7-5-17(2)6-8-18/h5-8,19H,3-4,9-16H2,1-2H3,(H2,24,30). The average Bonchev–Trinajstić information content (AvgIpc) is 3.23. The first-order chi connectivity index (χ1) is 15.0. The Labute approximate surface area is 188 Å². The number of benzene rings is 1. The van der Waals surface area contributed by atoms with E-state index in [9.17, 15) is 9.59 Å². The monoisotopic (exact) mass is 443 g/mol. The summed E-state index contributed by atoms with van der Waals surface area (Å²) in [6.07, 6.45) is 4.62. The minimum atomic E-state index is -0.254. The molecule has 0 saturated carbocycles. The molecule has 0 unspecified atom stereocenters. The molecule has 0 atom stereocenters. The molecule has 1 aliphatic heterocycles. The van der Waals surface area contributed by atoms with Gasteiger partial charge in [0.15, 0.2) is 0 Å². The second-order valence-electron chi connectivity index (χ2n) is 8.30. The minimum Gasteiger partial charge on any atom is -0.369 e. The van der Waals surface area contributed by atoms with Gasteiger partial charge in [-0.3, -0.25) is 9.59 Å². The van der Waals surface area contributed by atoms with E-state index in [-0.39, 0.29) is 17.7 Å². The first-order valence-corrected chi connectivity index (χ1v) is 11.9. The number of nitrogens with two attached hydrogens (primary N) is 1. The molecule has 0 spiro atoms. The lowest BCUT2D eigenvalue weighted by Crippen LogP contribution is -2.42. The summed E-state index contributed by atoms with van der Waals surface area (Å²) >= 11 is 1.41. The van der Waals surface area contributed by atoms with Crippen molar-refractivity contribution < 1.29 is 9.59 Å². The van der Waals surface area contributed by atoms with Crippen LogP contribution in [-0.4, -0.2) is 52.3 Å². The van der Waals surface area contributed by atoms with Crippen LogP contribution in [-0.2, 0) is 16.0 Å². The zero-order valence-electron chi connectivity index (χ0n) is 18.5. The summed E-state index contributed by atoms with van der Waals surface area (Å²) in [6, 6.07) is 8.44. The van der Waals surface area contributed by atoms with Crippen molar-refractivity contribution in [1.29, 1.82) is 0 Å². The number of carbonyl (C=O) groups is 2. The van der Waals surface area contributed by atoms with E-state index in [2.05, 4.69) is 47.4 Å². The van der Waals surface area contributed by atoms with Crippen LogP contribution < -0.4 is 10.6 Å².